The summed E-state index contributed by atoms with van der Waals surface area (Å²) in [5.74, 6) is -1.12. The van der Waals surface area contributed by atoms with Gasteiger partial charge in [0.2, 0.25) is 0 Å². The van der Waals surface area contributed by atoms with Crippen molar-refractivity contribution in [3.63, 3.8) is 0 Å². The molecule has 0 radical (unpaired) electrons. The molecule has 2 fully saturated rings. The third kappa shape index (κ3) is 5.30. The van der Waals surface area contributed by atoms with Crippen molar-refractivity contribution in [1.82, 2.24) is 0 Å². The van der Waals surface area contributed by atoms with Crippen molar-refractivity contribution in [3.8, 4) is 0 Å². The number of ether oxygens (including phenoxy) is 4. The molecule has 2 aliphatic heterocycles. The number of rotatable bonds is 6. The van der Waals surface area contributed by atoms with Crippen molar-refractivity contribution in [2.75, 3.05) is 26.4 Å². The van der Waals surface area contributed by atoms with Crippen molar-refractivity contribution in [3.05, 3.63) is 12.2 Å². The minimum atomic E-state index is -0.561. The molecular formula is C14H20O6. The van der Waals surface area contributed by atoms with E-state index in [0.29, 0.717) is 13.2 Å². The molecule has 2 heterocycles. The van der Waals surface area contributed by atoms with Crippen LogP contribution in [0.4, 0.5) is 0 Å². The first-order valence-corrected chi connectivity index (χ1v) is 6.99. The summed E-state index contributed by atoms with van der Waals surface area (Å²) in [7, 11) is 0. The summed E-state index contributed by atoms with van der Waals surface area (Å²) < 4.78 is 20.6. The molecule has 112 valence electrons. The van der Waals surface area contributed by atoms with Gasteiger partial charge < -0.3 is 18.9 Å². The second-order valence-electron chi connectivity index (χ2n) is 4.86. The second kappa shape index (κ2) is 8.01. The van der Waals surface area contributed by atoms with E-state index in [9.17, 15) is 9.59 Å². The Morgan fingerprint density at radius 2 is 1.35 bits per heavy atom. The summed E-state index contributed by atoms with van der Waals surface area (Å²) in [6.07, 6.45) is 5.92. The summed E-state index contributed by atoms with van der Waals surface area (Å²) in [4.78, 5) is 22.7. The third-order valence-corrected chi connectivity index (χ3v) is 3.23. The number of hydrogen-bond acceptors (Lipinski definition) is 6. The summed E-state index contributed by atoms with van der Waals surface area (Å²) in [6, 6.07) is 0. The molecule has 2 aliphatic rings. The lowest BCUT2D eigenvalue weighted by Gasteiger charge is -2.09. The van der Waals surface area contributed by atoms with Crippen LogP contribution in [0.15, 0.2) is 12.2 Å². The van der Waals surface area contributed by atoms with Gasteiger partial charge in [-0.1, -0.05) is 0 Å². The second-order valence-corrected chi connectivity index (χ2v) is 4.86. The van der Waals surface area contributed by atoms with Crippen LogP contribution < -0.4 is 0 Å². The predicted molar refractivity (Wildman–Crippen MR) is 69.0 cm³/mol. The molecule has 2 unspecified atom stereocenters. The van der Waals surface area contributed by atoms with Crippen molar-refractivity contribution in [2.24, 2.45) is 0 Å². The maximum absolute atomic E-state index is 11.4. The average molecular weight is 284 g/mol. The van der Waals surface area contributed by atoms with Crippen LogP contribution in [0, 0.1) is 0 Å². The van der Waals surface area contributed by atoms with E-state index in [0.717, 1.165) is 37.8 Å². The Hall–Kier alpha value is -1.40. The molecule has 6 heteroatoms. The Bertz CT molecular complexity index is 319. The topological polar surface area (TPSA) is 71.1 Å². The smallest absolute Gasteiger partial charge is 0.331 e. The van der Waals surface area contributed by atoms with E-state index in [2.05, 4.69) is 0 Å². The van der Waals surface area contributed by atoms with E-state index >= 15 is 0 Å². The van der Waals surface area contributed by atoms with Crippen LogP contribution in [0.3, 0.4) is 0 Å². The Kier molecular flexibility index (Phi) is 6.01. The highest BCUT2D eigenvalue weighted by molar-refractivity contribution is 5.91. The number of carbonyl (C=O) groups is 2. The molecule has 0 aliphatic carbocycles. The molecule has 2 rings (SSSR count). The van der Waals surface area contributed by atoms with Crippen LogP contribution in [0.2, 0.25) is 0 Å². The van der Waals surface area contributed by atoms with Gasteiger partial charge in [-0.15, -0.1) is 0 Å². The van der Waals surface area contributed by atoms with Gasteiger partial charge in [0.05, 0.1) is 12.2 Å². The van der Waals surface area contributed by atoms with E-state index in [4.69, 9.17) is 18.9 Å². The zero-order chi connectivity index (χ0) is 14.2. The number of carbonyl (C=O) groups excluding carboxylic acids is 2. The molecule has 0 spiro atoms. The van der Waals surface area contributed by atoms with Gasteiger partial charge in [-0.2, -0.15) is 0 Å². The van der Waals surface area contributed by atoms with Gasteiger partial charge >= 0.3 is 11.9 Å². The van der Waals surface area contributed by atoms with Crippen LogP contribution in [0.25, 0.3) is 0 Å². The van der Waals surface area contributed by atoms with E-state index < -0.39 is 11.9 Å². The van der Waals surface area contributed by atoms with Gasteiger partial charge in [-0.05, 0) is 25.7 Å². The molecule has 0 aromatic heterocycles. The largest absolute Gasteiger partial charge is 0.460 e. The van der Waals surface area contributed by atoms with E-state index in [1.165, 1.54) is 0 Å². The Balaban J connectivity index is 1.58. The van der Waals surface area contributed by atoms with E-state index in [-0.39, 0.29) is 25.4 Å². The van der Waals surface area contributed by atoms with Crippen molar-refractivity contribution < 1.29 is 28.5 Å². The van der Waals surface area contributed by atoms with Crippen LogP contribution in [-0.2, 0) is 28.5 Å². The van der Waals surface area contributed by atoms with Crippen molar-refractivity contribution in [1.29, 1.82) is 0 Å². The van der Waals surface area contributed by atoms with Crippen LogP contribution in [-0.4, -0.2) is 50.6 Å². The quantitative estimate of drug-likeness (QED) is 0.535. The Morgan fingerprint density at radius 1 is 0.900 bits per heavy atom. The fraction of sp³-hybridized carbons (Fsp3) is 0.714. The summed E-state index contributed by atoms with van der Waals surface area (Å²) in [6.45, 7) is 1.89. The molecule has 0 amide bonds. The lowest BCUT2D eigenvalue weighted by atomic mass is 10.2. The Labute approximate surface area is 118 Å². The fourth-order valence-electron chi connectivity index (χ4n) is 2.13. The number of hydrogen-bond donors (Lipinski definition) is 0. The molecular weight excluding hydrogens is 264 g/mol. The fourth-order valence-corrected chi connectivity index (χ4v) is 2.13. The van der Waals surface area contributed by atoms with Gasteiger partial charge in [0.15, 0.2) is 0 Å². The van der Waals surface area contributed by atoms with Gasteiger partial charge in [-0.25, -0.2) is 9.59 Å². The lowest BCUT2D eigenvalue weighted by molar-refractivity contribution is -0.143. The first-order chi connectivity index (χ1) is 9.74. The molecule has 0 bridgehead atoms. The molecule has 0 aromatic rings. The minimum absolute atomic E-state index is 0.0150. The molecule has 0 N–H and O–H groups in total. The van der Waals surface area contributed by atoms with Gasteiger partial charge in [0, 0.05) is 25.4 Å². The molecule has 20 heavy (non-hydrogen) atoms. The van der Waals surface area contributed by atoms with Crippen molar-refractivity contribution in [2.45, 2.75) is 37.9 Å². The molecule has 2 saturated heterocycles. The first kappa shape index (κ1) is 15.0. The van der Waals surface area contributed by atoms with Crippen LogP contribution in [0.5, 0.6) is 0 Å². The SMILES string of the molecule is O=C(/C=C/C(=O)OCC1CCCO1)OCC1CCCO1. The van der Waals surface area contributed by atoms with Gasteiger partial charge in [0.25, 0.3) is 0 Å². The minimum Gasteiger partial charge on any atom is -0.460 e. The van der Waals surface area contributed by atoms with Gasteiger partial charge in [-0.3, -0.25) is 0 Å². The molecule has 6 nitrogen and oxygen atoms in total. The zero-order valence-corrected chi connectivity index (χ0v) is 11.4. The maximum atomic E-state index is 11.4. The van der Waals surface area contributed by atoms with E-state index in [1.807, 2.05) is 0 Å². The third-order valence-electron chi connectivity index (χ3n) is 3.23. The highest BCUT2D eigenvalue weighted by Crippen LogP contribution is 2.12. The summed E-state index contributed by atoms with van der Waals surface area (Å²) >= 11 is 0. The maximum Gasteiger partial charge on any atom is 0.331 e. The standard InChI is InChI=1S/C14H20O6/c15-13(19-9-11-3-1-7-17-11)5-6-14(16)20-10-12-4-2-8-18-12/h5-6,11-12H,1-4,7-10H2/b6-5+. The Morgan fingerprint density at radius 3 is 1.70 bits per heavy atom. The predicted octanol–water partition coefficient (Wildman–Crippen LogP) is 0.987. The molecule has 0 saturated carbocycles. The highest BCUT2D eigenvalue weighted by atomic mass is 16.6. The number of esters is 2. The normalized spacial score (nSPS) is 26.0. The van der Waals surface area contributed by atoms with E-state index in [1.54, 1.807) is 0 Å². The monoisotopic (exact) mass is 284 g/mol. The summed E-state index contributed by atoms with van der Waals surface area (Å²) in [5.41, 5.74) is 0. The van der Waals surface area contributed by atoms with Gasteiger partial charge in [0.1, 0.15) is 13.2 Å². The molecule has 0 aromatic carbocycles. The summed E-state index contributed by atoms with van der Waals surface area (Å²) in [5, 5.41) is 0. The van der Waals surface area contributed by atoms with Crippen LogP contribution >= 0.6 is 0 Å². The highest BCUT2D eigenvalue weighted by Gasteiger charge is 2.18. The lowest BCUT2D eigenvalue weighted by Crippen LogP contribution is -2.18. The first-order valence-electron chi connectivity index (χ1n) is 6.99. The van der Waals surface area contributed by atoms with Crippen molar-refractivity contribution >= 4 is 11.9 Å². The average Bonchev–Trinajstić information content (AvgIpc) is 3.13. The molecule has 2 atom stereocenters. The van der Waals surface area contributed by atoms with Crippen LogP contribution in [0.1, 0.15) is 25.7 Å². The zero-order valence-electron chi connectivity index (χ0n) is 11.4.